The molecule has 9 heavy (non-hydrogen) atoms. The van der Waals surface area contributed by atoms with E-state index >= 15 is 0 Å². The lowest BCUT2D eigenvalue weighted by Crippen LogP contribution is -1.91. The van der Waals surface area contributed by atoms with Crippen molar-refractivity contribution in [2.45, 2.75) is 6.42 Å². The fourth-order valence-corrected chi connectivity index (χ4v) is 0.914. The molecule has 0 aromatic carbocycles. The van der Waals surface area contributed by atoms with Crippen LogP contribution in [0.5, 0.6) is 5.75 Å². The van der Waals surface area contributed by atoms with Crippen LogP contribution >= 0.6 is 0 Å². The largest absolute Gasteiger partial charge is 0.487 e. The predicted octanol–water partition coefficient (Wildman–Crippen LogP) is 0.484. The van der Waals surface area contributed by atoms with E-state index in [1.54, 1.807) is 0 Å². The third kappa shape index (κ3) is 0.526. The fourth-order valence-electron chi connectivity index (χ4n) is 0.914. The van der Waals surface area contributed by atoms with Crippen LogP contribution in [0.2, 0.25) is 0 Å². The van der Waals surface area contributed by atoms with Crippen LogP contribution in [0.4, 0.5) is 4.39 Å². The highest BCUT2D eigenvalue weighted by atomic mass is 19.1. The topological polar surface area (TPSA) is 37.9 Å². The summed E-state index contributed by atoms with van der Waals surface area (Å²) in [5, 5.41) is 5.86. The second-order valence-corrected chi connectivity index (χ2v) is 1.92. The van der Waals surface area contributed by atoms with Crippen molar-refractivity contribution in [1.82, 2.24) is 10.2 Å². The summed E-state index contributed by atoms with van der Waals surface area (Å²) in [5.41, 5.74) is 0.771. The van der Waals surface area contributed by atoms with Crippen LogP contribution in [0.15, 0.2) is 0 Å². The molecular weight excluding hydrogens is 123 g/mol. The van der Waals surface area contributed by atoms with Crippen LogP contribution in [0.1, 0.15) is 5.69 Å². The summed E-state index contributed by atoms with van der Waals surface area (Å²) in [7, 11) is 0. The molecule has 0 amide bonds. The van der Waals surface area contributed by atoms with E-state index in [9.17, 15) is 4.39 Å². The van der Waals surface area contributed by atoms with Crippen molar-refractivity contribution in [1.29, 1.82) is 0 Å². The molecule has 0 unspecified atom stereocenters. The van der Waals surface area contributed by atoms with Gasteiger partial charge in [-0.1, -0.05) is 0 Å². The summed E-state index contributed by atoms with van der Waals surface area (Å²) in [6, 6.07) is 0. The van der Waals surface area contributed by atoms with Crippen molar-refractivity contribution in [3.8, 4) is 5.75 Å². The zero-order valence-electron chi connectivity index (χ0n) is 4.65. The minimum Gasteiger partial charge on any atom is -0.487 e. The molecule has 0 spiro atoms. The zero-order valence-corrected chi connectivity index (χ0v) is 4.65. The first-order valence-corrected chi connectivity index (χ1v) is 2.73. The predicted molar refractivity (Wildman–Crippen MR) is 27.7 cm³/mol. The molecule has 0 aliphatic carbocycles. The van der Waals surface area contributed by atoms with Gasteiger partial charge in [-0.25, -0.2) is 0 Å². The van der Waals surface area contributed by atoms with Crippen LogP contribution in [0, 0.1) is 5.95 Å². The number of hydrogen-bond acceptors (Lipinski definition) is 2. The standard InChI is InChI=1S/C5H5FN2O/c6-5-4-3(7-8-5)1-2-9-4/h1-2H2,(H,7,8). The SMILES string of the molecule is Fc1n[nH]c2c1OCC2. The number of fused-ring (bicyclic) bond motifs is 1. The van der Waals surface area contributed by atoms with E-state index in [0.29, 0.717) is 12.4 Å². The zero-order chi connectivity index (χ0) is 6.27. The number of ether oxygens (including phenoxy) is 1. The van der Waals surface area contributed by atoms with Gasteiger partial charge >= 0.3 is 0 Å². The van der Waals surface area contributed by atoms with Gasteiger partial charge < -0.3 is 4.74 Å². The Morgan fingerprint density at radius 3 is 3.33 bits per heavy atom. The quantitative estimate of drug-likeness (QED) is 0.552. The average molecular weight is 128 g/mol. The first-order valence-electron chi connectivity index (χ1n) is 2.73. The highest BCUT2D eigenvalue weighted by molar-refractivity contribution is 5.28. The van der Waals surface area contributed by atoms with Gasteiger partial charge in [0.05, 0.1) is 12.3 Å². The Labute approximate surface area is 50.8 Å². The number of rotatable bonds is 0. The van der Waals surface area contributed by atoms with Crippen molar-refractivity contribution in [2.75, 3.05) is 6.61 Å². The summed E-state index contributed by atoms with van der Waals surface area (Å²) in [5.74, 6) is -0.225. The first-order chi connectivity index (χ1) is 4.38. The number of aromatic nitrogens is 2. The van der Waals surface area contributed by atoms with Gasteiger partial charge in [0.2, 0.25) is 0 Å². The third-order valence-electron chi connectivity index (χ3n) is 1.35. The van der Waals surface area contributed by atoms with Gasteiger partial charge in [0.25, 0.3) is 5.95 Å². The smallest absolute Gasteiger partial charge is 0.274 e. The van der Waals surface area contributed by atoms with E-state index in [-0.39, 0.29) is 0 Å². The van der Waals surface area contributed by atoms with E-state index in [1.807, 2.05) is 0 Å². The number of hydrogen-bond donors (Lipinski definition) is 1. The van der Waals surface area contributed by atoms with Gasteiger partial charge in [-0.2, -0.15) is 4.39 Å². The van der Waals surface area contributed by atoms with Gasteiger partial charge in [-0.15, -0.1) is 5.10 Å². The monoisotopic (exact) mass is 128 g/mol. The van der Waals surface area contributed by atoms with E-state index < -0.39 is 5.95 Å². The van der Waals surface area contributed by atoms with Crippen molar-refractivity contribution in [3.63, 3.8) is 0 Å². The van der Waals surface area contributed by atoms with Crippen molar-refractivity contribution in [3.05, 3.63) is 11.6 Å². The maximum Gasteiger partial charge on any atom is 0.274 e. The van der Waals surface area contributed by atoms with Gasteiger partial charge in [0.1, 0.15) is 0 Å². The van der Waals surface area contributed by atoms with Gasteiger partial charge in [-0.05, 0) is 0 Å². The Morgan fingerprint density at radius 2 is 2.56 bits per heavy atom. The van der Waals surface area contributed by atoms with Crippen molar-refractivity contribution < 1.29 is 9.13 Å². The molecular formula is C5H5FN2O. The summed E-state index contributed by atoms with van der Waals surface area (Å²) < 4.78 is 17.3. The Bertz CT molecular complexity index is 233. The molecule has 3 nitrogen and oxygen atoms in total. The van der Waals surface area contributed by atoms with Gasteiger partial charge in [-0.3, -0.25) is 5.10 Å². The second-order valence-electron chi connectivity index (χ2n) is 1.92. The van der Waals surface area contributed by atoms with Crippen LogP contribution in [0.3, 0.4) is 0 Å². The molecule has 0 saturated heterocycles. The van der Waals surface area contributed by atoms with Crippen LogP contribution in [0.25, 0.3) is 0 Å². The summed E-state index contributed by atoms with van der Waals surface area (Å²) >= 11 is 0. The van der Waals surface area contributed by atoms with Crippen molar-refractivity contribution in [2.24, 2.45) is 0 Å². The Kier molecular flexibility index (Phi) is 0.777. The minimum absolute atomic E-state index is 0.301. The molecule has 1 aliphatic rings. The van der Waals surface area contributed by atoms with Gasteiger partial charge in [0.15, 0.2) is 5.75 Å². The van der Waals surface area contributed by atoms with E-state index in [1.165, 1.54) is 0 Å². The Morgan fingerprint density at radius 1 is 1.67 bits per heavy atom. The van der Waals surface area contributed by atoms with Crippen LogP contribution in [-0.4, -0.2) is 16.8 Å². The number of nitrogens with one attached hydrogen (secondary N) is 1. The third-order valence-corrected chi connectivity index (χ3v) is 1.35. The molecule has 0 saturated carbocycles. The first kappa shape index (κ1) is 4.78. The Balaban J connectivity index is 2.56. The van der Waals surface area contributed by atoms with Gasteiger partial charge in [0, 0.05) is 6.42 Å². The van der Waals surface area contributed by atoms with Crippen LogP contribution < -0.4 is 4.74 Å². The molecule has 1 aromatic rings. The molecule has 0 bridgehead atoms. The van der Waals surface area contributed by atoms with Crippen molar-refractivity contribution >= 4 is 0 Å². The minimum atomic E-state index is -0.525. The van der Waals surface area contributed by atoms with E-state index in [4.69, 9.17) is 4.74 Å². The lowest BCUT2D eigenvalue weighted by molar-refractivity contribution is 0.333. The maximum atomic E-state index is 12.4. The molecule has 4 heteroatoms. The molecule has 1 aromatic heterocycles. The summed E-state index contributed by atoms with van der Waals surface area (Å²) in [4.78, 5) is 0. The molecule has 0 atom stereocenters. The molecule has 2 rings (SSSR count). The van der Waals surface area contributed by atoms with E-state index in [2.05, 4.69) is 10.2 Å². The maximum absolute atomic E-state index is 12.4. The lowest BCUT2D eigenvalue weighted by Gasteiger charge is -1.88. The fraction of sp³-hybridized carbons (Fsp3) is 0.400. The summed E-state index contributed by atoms with van der Waals surface area (Å²) in [6.07, 6.45) is 0.742. The number of aromatic amines is 1. The molecule has 48 valence electrons. The highest BCUT2D eigenvalue weighted by Gasteiger charge is 2.19. The molecule has 0 fully saturated rings. The molecule has 2 heterocycles. The van der Waals surface area contributed by atoms with Crippen LogP contribution in [-0.2, 0) is 6.42 Å². The number of nitrogens with zero attached hydrogens (tertiary/aromatic N) is 1. The molecule has 1 aliphatic heterocycles. The average Bonchev–Trinajstić information content (AvgIpc) is 2.35. The number of halogens is 1. The second kappa shape index (κ2) is 1.46. The highest BCUT2D eigenvalue weighted by Crippen LogP contribution is 2.24. The molecule has 1 N–H and O–H groups in total. The number of H-pyrrole nitrogens is 1. The Hall–Kier alpha value is -1.06. The lowest BCUT2D eigenvalue weighted by atomic mass is 10.3. The normalized spacial score (nSPS) is 15.2. The molecule has 0 radical (unpaired) electrons. The summed E-state index contributed by atoms with van der Waals surface area (Å²) in [6.45, 7) is 0.570. The van der Waals surface area contributed by atoms with E-state index in [0.717, 1.165) is 12.1 Å².